The van der Waals surface area contributed by atoms with E-state index in [0.29, 0.717) is 18.9 Å². The standard InChI is InChI=1S/C20H20N4O/c21-19-16-11-12-24(13-17(16)22-23-19)20(25)18(14-7-3-1-4-8-14)15-9-5-2-6-10-15/h1-10,18H,11-13H2,(H3,21,22,23). The first-order valence-corrected chi connectivity index (χ1v) is 8.44. The summed E-state index contributed by atoms with van der Waals surface area (Å²) in [6.07, 6.45) is 0.736. The summed E-state index contributed by atoms with van der Waals surface area (Å²) in [4.78, 5) is 15.3. The van der Waals surface area contributed by atoms with Crippen LogP contribution in [0.4, 0.5) is 5.82 Å². The van der Waals surface area contributed by atoms with Crippen LogP contribution >= 0.6 is 0 Å². The van der Waals surface area contributed by atoms with Crippen molar-refractivity contribution in [3.63, 3.8) is 0 Å². The number of aromatic nitrogens is 2. The zero-order valence-corrected chi connectivity index (χ0v) is 13.9. The molecule has 25 heavy (non-hydrogen) atoms. The lowest BCUT2D eigenvalue weighted by atomic mass is 9.89. The first-order valence-electron chi connectivity index (χ1n) is 8.44. The second kappa shape index (κ2) is 6.43. The third-order valence-electron chi connectivity index (χ3n) is 4.79. The molecule has 2 aromatic carbocycles. The van der Waals surface area contributed by atoms with Crippen molar-refractivity contribution >= 4 is 11.7 Å². The Morgan fingerprint density at radius 1 is 1.04 bits per heavy atom. The Hall–Kier alpha value is -3.08. The SMILES string of the molecule is Nc1n[nH]c2c1CCN(C(=O)C(c1ccccc1)c1ccccc1)C2. The van der Waals surface area contributed by atoms with E-state index in [1.807, 2.05) is 65.6 Å². The number of anilines is 1. The van der Waals surface area contributed by atoms with Gasteiger partial charge in [0.15, 0.2) is 0 Å². The molecule has 1 aliphatic rings. The second-order valence-corrected chi connectivity index (χ2v) is 6.33. The third kappa shape index (κ3) is 2.89. The average molecular weight is 332 g/mol. The first-order chi connectivity index (χ1) is 12.2. The number of carbonyl (C=O) groups is 1. The van der Waals surface area contributed by atoms with Crippen LogP contribution in [0.2, 0.25) is 0 Å². The van der Waals surface area contributed by atoms with Crippen molar-refractivity contribution in [3.05, 3.63) is 83.0 Å². The van der Waals surface area contributed by atoms with Gasteiger partial charge in [0.2, 0.25) is 5.91 Å². The Bertz CT molecular complexity index is 834. The van der Waals surface area contributed by atoms with E-state index in [2.05, 4.69) is 10.2 Å². The van der Waals surface area contributed by atoms with Gasteiger partial charge in [0, 0.05) is 12.1 Å². The van der Waals surface area contributed by atoms with Gasteiger partial charge in [-0.05, 0) is 17.5 Å². The highest BCUT2D eigenvalue weighted by molar-refractivity contribution is 5.87. The number of nitrogen functional groups attached to an aromatic ring is 1. The summed E-state index contributed by atoms with van der Waals surface area (Å²) >= 11 is 0. The van der Waals surface area contributed by atoms with E-state index in [4.69, 9.17) is 5.73 Å². The number of H-pyrrole nitrogens is 1. The molecular weight excluding hydrogens is 312 g/mol. The second-order valence-electron chi connectivity index (χ2n) is 6.33. The molecule has 4 rings (SSSR count). The minimum Gasteiger partial charge on any atom is -0.382 e. The van der Waals surface area contributed by atoms with E-state index in [1.165, 1.54) is 0 Å². The smallest absolute Gasteiger partial charge is 0.234 e. The fraction of sp³-hybridized carbons (Fsp3) is 0.200. The Kier molecular flexibility index (Phi) is 3.98. The number of rotatable bonds is 3. The minimum atomic E-state index is -0.302. The Morgan fingerprint density at radius 3 is 2.24 bits per heavy atom. The van der Waals surface area contributed by atoms with Crippen molar-refractivity contribution in [2.75, 3.05) is 12.3 Å². The lowest BCUT2D eigenvalue weighted by Gasteiger charge is -2.30. The lowest BCUT2D eigenvalue weighted by Crippen LogP contribution is -2.39. The molecule has 1 aromatic heterocycles. The van der Waals surface area contributed by atoms with Crippen molar-refractivity contribution in [3.8, 4) is 0 Å². The van der Waals surface area contributed by atoms with Gasteiger partial charge in [-0.2, -0.15) is 5.10 Å². The van der Waals surface area contributed by atoms with Gasteiger partial charge in [0.05, 0.1) is 18.2 Å². The van der Waals surface area contributed by atoms with Crippen LogP contribution in [-0.2, 0) is 17.8 Å². The van der Waals surface area contributed by atoms with Gasteiger partial charge >= 0.3 is 0 Å². The molecule has 5 heteroatoms. The summed E-state index contributed by atoms with van der Waals surface area (Å²) in [5.74, 6) is 0.352. The number of benzene rings is 2. The number of hydrogen-bond donors (Lipinski definition) is 2. The number of amides is 1. The molecule has 0 aliphatic carbocycles. The molecule has 3 N–H and O–H groups in total. The average Bonchev–Trinajstić information content (AvgIpc) is 3.04. The summed E-state index contributed by atoms with van der Waals surface area (Å²) in [7, 11) is 0. The Morgan fingerprint density at radius 2 is 1.64 bits per heavy atom. The molecule has 0 bridgehead atoms. The van der Waals surface area contributed by atoms with Crippen LogP contribution < -0.4 is 5.73 Å². The predicted molar refractivity (Wildman–Crippen MR) is 96.8 cm³/mol. The highest BCUT2D eigenvalue weighted by atomic mass is 16.2. The van der Waals surface area contributed by atoms with Crippen molar-refractivity contribution in [1.29, 1.82) is 0 Å². The van der Waals surface area contributed by atoms with Gasteiger partial charge in [-0.15, -0.1) is 0 Å². The van der Waals surface area contributed by atoms with Crippen molar-refractivity contribution in [2.24, 2.45) is 0 Å². The molecule has 0 spiro atoms. The molecule has 0 radical (unpaired) electrons. The highest BCUT2D eigenvalue weighted by Crippen LogP contribution is 2.30. The number of hydrogen-bond acceptors (Lipinski definition) is 3. The normalized spacial score (nSPS) is 13.7. The van der Waals surface area contributed by atoms with Gasteiger partial charge in [0.1, 0.15) is 5.82 Å². The quantitative estimate of drug-likeness (QED) is 0.774. The summed E-state index contributed by atoms with van der Waals surface area (Å²) in [6, 6.07) is 19.9. The van der Waals surface area contributed by atoms with E-state index in [9.17, 15) is 4.79 Å². The molecular formula is C20H20N4O. The van der Waals surface area contributed by atoms with Gasteiger partial charge in [-0.1, -0.05) is 60.7 Å². The van der Waals surface area contributed by atoms with Crippen molar-refractivity contribution < 1.29 is 4.79 Å². The number of fused-ring (bicyclic) bond motifs is 1. The maximum absolute atomic E-state index is 13.4. The van der Waals surface area contributed by atoms with E-state index >= 15 is 0 Å². The summed E-state index contributed by atoms with van der Waals surface area (Å²) in [6.45, 7) is 1.18. The minimum absolute atomic E-state index is 0.108. The predicted octanol–water partition coefficient (Wildman–Crippen LogP) is 2.71. The molecule has 5 nitrogen and oxygen atoms in total. The molecule has 1 aliphatic heterocycles. The van der Waals surface area contributed by atoms with Crippen LogP contribution in [-0.4, -0.2) is 27.5 Å². The number of carbonyl (C=O) groups excluding carboxylic acids is 1. The molecule has 0 fully saturated rings. The van der Waals surface area contributed by atoms with Crippen LogP contribution in [0.1, 0.15) is 28.3 Å². The first kappa shape index (κ1) is 15.4. The zero-order chi connectivity index (χ0) is 17.2. The Balaban J connectivity index is 1.67. The molecule has 1 amide bonds. The molecule has 0 saturated carbocycles. The van der Waals surface area contributed by atoms with Crippen LogP contribution in [0.15, 0.2) is 60.7 Å². The van der Waals surface area contributed by atoms with Gasteiger partial charge in [0.25, 0.3) is 0 Å². The van der Waals surface area contributed by atoms with Crippen LogP contribution in [0.3, 0.4) is 0 Å². The monoisotopic (exact) mass is 332 g/mol. The zero-order valence-electron chi connectivity index (χ0n) is 13.9. The highest BCUT2D eigenvalue weighted by Gasteiger charge is 2.31. The molecule has 126 valence electrons. The summed E-state index contributed by atoms with van der Waals surface area (Å²) in [5.41, 5.74) is 9.88. The van der Waals surface area contributed by atoms with Crippen molar-refractivity contribution in [1.82, 2.24) is 15.1 Å². The maximum atomic E-state index is 13.4. The molecule has 2 heterocycles. The number of nitrogens with zero attached hydrogens (tertiary/aromatic N) is 2. The Labute approximate surface area is 146 Å². The van der Waals surface area contributed by atoms with Crippen LogP contribution in [0.25, 0.3) is 0 Å². The molecule has 0 unspecified atom stereocenters. The fourth-order valence-electron chi connectivity index (χ4n) is 3.48. The van der Waals surface area contributed by atoms with Crippen molar-refractivity contribution in [2.45, 2.75) is 18.9 Å². The summed E-state index contributed by atoms with van der Waals surface area (Å²) < 4.78 is 0. The molecule has 0 atom stereocenters. The number of nitrogens with two attached hydrogens (primary N) is 1. The number of aromatic amines is 1. The largest absolute Gasteiger partial charge is 0.382 e. The lowest BCUT2D eigenvalue weighted by molar-refractivity contribution is -0.132. The van der Waals surface area contributed by atoms with Crippen LogP contribution in [0.5, 0.6) is 0 Å². The topological polar surface area (TPSA) is 75.0 Å². The molecule has 3 aromatic rings. The van der Waals surface area contributed by atoms with E-state index in [-0.39, 0.29) is 11.8 Å². The van der Waals surface area contributed by atoms with E-state index < -0.39 is 0 Å². The fourth-order valence-corrected chi connectivity index (χ4v) is 3.48. The maximum Gasteiger partial charge on any atom is 0.234 e. The number of nitrogens with one attached hydrogen (secondary N) is 1. The van der Waals surface area contributed by atoms with Crippen LogP contribution in [0, 0.1) is 0 Å². The van der Waals surface area contributed by atoms with E-state index in [0.717, 1.165) is 28.8 Å². The van der Waals surface area contributed by atoms with Gasteiger partial charge < -0.3 is 10.6 Å². The van der Waals surface area contributed by atoms with Gasteiger partial charge in [-0.25, -0.2) is 0 Å². The molecule has 0 saturated heterocycles. The summed E-state index contributed by atoms with van der Waals surface area (Å²) in [5, 5.41) is 7.03. The van der Waals surface area contributed by atoms with E-state index in [1.54, 1.807) is 0 Å². The van der Waals surface area contributed by atoms with Gasteiger partial charge in [-0.3, -0.25) is 9.89 Å². The third-order valence-corrected chi connectivity index (χ3v) is 4.79.